The molecule has 1 aromatic carbocycles. The van der Waals surface area contributed by atoms with Crippen molar-refractivity contribution in [1.82, 2.24) is 10.2 Å². The second-order valence-corrected chi connectivity index (χ2v) is 6.36. The van der Waals surface area contributed by atoms with E-state index in [2.05, 4.69) is 5.32 Å². The summed E-state index contributed by atoms with van der Waals surface area (Å²) in [6.45, 7) is 1.85. The Morgan fingerprint density at radius 2 is 2.09 bits per heavy atom. The summed E-state index contributed by atoms with van der Waals surface area (Å²) in [5, 5.41) is 4.53. The fraction of sp³-hybridized carbons (Fsp3) is 0.294. The lowest BCUT2D eigenvalue weighted by Crippen LogP contribution is -2.42. The number of benzene rings is 1. The first kappa shape index (κ1) is 17.1. The van der Waals surface area contributed by atoms with Crippen molar-refractivity contribution in [2.45, 2.75) is 19.4 Å². The topological polar surface area (TPSA) is 49.4 Å². The molecule has 0 bridgehead atoms. The molecule has 23 heavy (non-hydrogen) atoms. The van der Waals surface area contributed by atoms with Gasteiger partial charge in [0.25, 0.3) is 5.91 Å². The van der Waals surface area contributed by atoms with Gasteiger partial charge in [-0.15, -0.1) is 11.3 Å². The summed E-state index contributed by atoms with van der Waals surface area (Å²) < 4.78 is 13.1. The van der Waals surface area contributed by atoms with Crippen molar-refractivity contribution in [3.05, 3.63) is 58.0 Å². The predicted molar refractivity (Wildman–Crippen MR) is 89.0 cm³/mol. The maximum Gasteiger partial charge on any atom is 0.251 e. The van der Waals surface area contributed by atoms with E-state index in [1.165, 1.54) is 23.1 Å². The van der Waals surface area contributed by atoms with Gasteiger partial charge in [0, 0.05) is 30.0 Å². The van der Waals surface area contributed by atoms with Gasteiger partial charge in [-0.1, -0.05) is 12.1 Å². The number of carbonyl (C=O) groups excluding carboxylic acids is 2. The molecule has 0 aliphatic rings. The number of carbonyl (C=O) groups is 2. The molecule has 2 rings (SSSR count). The summed E-state index contributed by atoms with van der Waals surface area (Å²) in [6.07, 6.45) is 0.776. The van der Waals surface area contributed by atoms with Crippen molar-refractivity contribution in [2.75, 3.05) is 13.6 Å². The fourth-order valence-corrected chi connectivity index (χ4v) is 2.94. The van der Waals surface area contributed by atoms with Gasteiger partial charge in [-0.05, 0) is 36.6 Å². The van der Waals surface area contributed by atoms with Gasteiger partial charge in [0.2, 0.25) is 5.91 Å². The third-order valence-electron chi connectivity index (χ3n) is 3.62. The molecular formula is C17H19FN2O2S. The molecule has 1 heterocycles. The van der Waals surface area contributed by atoms with E-state index < -0.39 is 11.7 Å². The Kier molecular flexibility index (Phi) is 5.87. The Morgan fingerprint density at radius 1 is 1.30 bits per heavy atom. The lowest BCUT2D eigenvalue weighted by molar-refractivity contribution is -0.130. The molecule has 6 heteroatoms. The maximum absolute atomic E-state index is 13.1. The Hall–Kier alpha value is -2.21. The number of thiophene rings is 1. The first-order chi connectivity index (χ1) is 11.0. The van der Waals surface area contributed by atoms with Crippen molar-refractivity contribution in [1.29, 1.82) is 0 Å². The van der Waals surface area contributed by atoms with Crippen LogP contribution in [0.4, 0.5) is 4.39 Å². The molecule has 1 N–H and O–H groups in total. The number of hydrogen-bond donors (Lipinski definition) is 1. The normalized spacial score (nSPS) is 11.8. The van der Waals surface area contributed by atoms with Crippen molar-refractivity contribution in [3.8, 4) is 0 Å². The molecule has 2 aromatic rings. The summed E-state index contributed by atoms with van der Waals surface area (Å²) in [7, 11) is 1.72. The van der Waals surface area contributed by atoms with Crippen molar-refractivity contribution < 1.29 is 14.0 Å². The van der Waals surface area contributed by atoms with E-state index in [1.807, 2.05) is 24.4 Å². The van der Waals surface area contributed by atoms with E-state index in [-0.39, 0.29) is 24.1 Å². The smallest absolute Gasteiger partial charge is 0.251 e. The minimum absolute atomic E-state index is 0.0345. The van der Waals surface area contributed by atoms with E-state index in [0.717, 1.165) is 12.5 Å². The van der Waals surface area contributed by atoms with Gasteiger partial charge >= 0.3 is 0 Å². The van der Waals surface area contributed by atoms with Gasteiger partial charge in [0.05, 0.1) is 6.54 Å². The van der Waals surface area contributed by atoms with Crippen LogP contribution >= 0.6 is 11.3 Å². The maximum atomic E-state index is 13.1. The number of nitrogens with one attached hydrogen (secondary N) is 1. The summed E-state index contributed by atoms with van der Waals surface area (Å²) in [4.78, 5) is 26.9. The Balaban J connectivity index is 1.84. The molecule has 2 amide bonds. The zero-order valence-electron chi connectivity index (χ0n) is 13.1. The van der Waals surface area contributed by atoms with Crippen LogP contribution in [0.2, 0.25) is 0 Å². The second-order valence-electron chi connectivity index (χ2n) is 5.33. The van der Waals surface area contributed by atoms with Crippen LogP contribution in [0.5, 0.6) is 0 Å². The first-order valence-electron chi connectivity index (χ1n) is 7.29. The van der Waals surface area contributed by atoms with Crippen LogP contribution in [-0.2, 0) is 11.2 Å². The van der Waals surface area contributed by atoms with Crippen LogP contribution in [0, 0.1) is 5.82 Å². The largest absolute Gasteiger partial charge is 0.343 e. The number of nitrogens with zero attached hydrogens (tertiary/aromatic N) is 1. The van der Waals surface area contributed by atoms with Gasteiger partial charge in [-0.3, -0.25) is 9.59 Å². The molecule has 0 fully saturated rings. The van der Waals surface area contributed by atoms with Gasteiger partial charge in [0.15, 0.2) is 0 Å². The van der Waals surface area contributed by atoms with Crippen LogP contribution in [0.1, 0.15) is 22.2 Å². The average Bonchev–Trinajstić information content (AvgIpc) is 3.04. The van der Waals surface area contributed by atoms with Crippen LogP contribution in [0.3, 0.4) is 0 Å². The molecule has 0 aliphatic heterocycles. The highest BCUT2D eigenvalue weighted by molar-refractivity contribution is 7.09. The van der Waals surface area contributed by atoms with Gasteiger partial charge < -0.3 is 10.2 Å². The molecule has 0 saturated carbocycles. The SMILES string of the molecule is C[C@@H](Cc1cccs1)N(C)C(=O)CNC(=O)c1cccc(F)c1. The summed E-state index contributed by atoms with van der Waals surface area (Å²) in [5.74, 6) is -1.12. The highest BCUT2D eigenvalue weighted by Crippen LogP contribution is 2.13. The minimum atomic E-state index is -0.481. The summed E-state index contributed by atoms with van der Waals surface area (Å²) in [6, 6.07) is 9.42. The van der Waals surface area contributed by atoms with Crippen molar-refractivity contribution in [2.24, 2.45) is 0 Å². The number of rotatable bonds is 6. The summed E-state index contributed by atoms with van der Waals surface area (Å²) >= 11 is 1.65. The van der Waals surface area contributed by atoms with Crippen LogP contribution in [0.25, 0.3) is 0 Å². The molecule has 0 spiro atoms. The predicted octanol–water partition coefficient (Wildman–Crippen LogP) is 2.71. The highest BCUT2D eigenvalue weighted by Gasteiger charge is 2.17. The number of likely N-dealkylation sites (N-methyl/N-ethyl adjacent to an activating group) is 1. The molecule has 0 radical (unpaired) electrons. The van der Waals surface area contributed by atoms with Gasteiger partial charge in [-0.2, -0.15) is 0 Å². The Bertz CT molecular complexity index is 673. The van der Waals surface area contributed by atoms with Crippen molar-refractivity contribution in [3.63, 3.8) is 0 Å². The van der Waals surface area contributed by atoms with Gasteiger partial charge in [-0.25, -0.2) is 4.39 Å². The average molecular weight is 334 g/mol. The molecule has 0 unspecified atom stereocenters. The molecule has 122 valence electrons. The lowest BCUT2D eigenvalue weighted by Gasteiger charge is -2.24. The molecule has 0 aliphatic carbocycles. The van der Waals surface area contributed by atoms with E-state index in [1.54, 1.807) is 23.3 Å². The monoisotopic (exact) mass is 334 g/mol. The van der Waals surface area contributed by atoms with Crippen LogP contribution in [-0.4, -0.2) is 36.3 Å². The zero-order chi connectivity index (χ0) is 16.8. The number of halogens is 1. The summed E-state index contributed by atoms with van der Waals surface area (Å²) in [5.41, 5.74) is 0.201. The molecule has 0 saturated heterocycles. The lowest BCUT2D eigenvalue weighted by atomic mass is 10.2. The highest BCUT2D eigenvalue weighted by atomic mass is 32.1. The van der Waals surface area contributed by atoms with E-state index in [9.17, 15) is 14.0 Å². The Morgan fingerprint density at radius 3 is 2.74 bits per heavy atom. The molecule has 4 nitrogen and oxygen atoms in total. The number of amides is 2. The first-order valence-corrected chi connectivity index (χ1v) is 8.17. The van der Waals surface area contributed by atoms with Gasteiger partial charge in [0.1, 0.15) is 5.82 Å². The minimum Gasteiger partial charge on any atom is -0.343 e. The second kappa shape index (κ2) is 7.87. The fourth-order valence-electron chi connectivity index (χ4n) is 2.11. The molecule has 1 atom stereocenters. The zero-order valence-corrected chi connectivity index (χ0v) is 13.9. The van der Waals surface area contributed by atoms with E-state index in [4.69, 9.17) is 0 Å². The standard InChI is InChI=1S/C17H19FN2O2S/c1-12(9-15-7-4-8-23-15)20(2)16(21)11-19-17(22)13-5-3-6-14(18)10-13/h3-8,10,12H,9,11H2,1-2H3,(H,19,22)/t12-/m0/s1. The van der Waals surface area contributed by atoms with Crippen molar-refractivity contribution >= 4 is 23.2 Å². The molecule has 1 aromatic heterocycles. The third-order valence-corrected chi connectivity index (χ3v) is 4.52. The van der Waals surface area contributed by atoms with Crippen LogP contribution < -0.4 is 5.32 Å². The van der Waals surface area contributed by atoms with Crippen LogP contribution in [0.15, 0.2) is 41.8 Å². The number of hydrogen-bond acceptors (Lipinski definition) is 3. The van der Waals surface area contributed by atoms with E-state index in [0.29, 0.717) is 0 Å². The Labute approximate surface area is 138 Å². The third kappa shape index (κ3) is 4.89. The molecular weight excluding hydrogens is 315 g/mol. The quantitative estimate of drug-likeness (QED) is 0.883. The van der Waals surface area contributed by atoms with E-state index >= 15 is 0 Å².